The van der Waals surface area contributed by atoms with Crippen molar-refractivity contribution in [2.75, 3.05) is 19.3 Å². The summed E-state index contributed by atoms with van der Waals surface area (Å²) < 4.78 is 64.4. The minimum absolute atomic E-state index is 0.167. The molecule has 1 aliphatic heterocycles. The molecule has 2 N–H and O–H groups in total. The van der Waals surface area contributed by atoms with Crippen molar-refractivity contribution in [1.29, 1.82) is 0 Å². The third kappa shape index (κ3) is 5.24. The molecule has 0 spiro atoms. The van der Waals surface area contributed by atoms with Crippen LogP contribution in [0.2, 0.25) is 0 Å². The first kappa shape index (κ1) is 26.8. The van der Waals surface area contributed by atoms with Crippen LogP contribution < -0.4 is 11.0 Å². The van der Waals surface area contributed by atoms with E-state index in [-0.39, 0.29) is 49.1 Å². The lowest BCUT2D eigenvalue weighted by Gasteiger charge is -2.38. The molecule has 3 aromatic rings. The van der Waals surface area contributed by atoms with Crippen LogP contribution in [0.5, 0.6) is 0 Å². The molecular formula is C24H25F3N4O5S. The van der Waals surface area contributed by atoms with Gasteiger partial charge in [0.1, 0.15) is 5.82 Å². The molecule has 2 heterocycles. The zero-order chi connectivity index (χ0) is 27.2. The van der Waals surface area contributed by atoms with Gasteiger partial charge in [-0.3, -0.25) is 24.3 Å². The molecule has 0 bridgehead atoms. The van der Waals surface area contributed by atoms with Crippen molar-refractivity contribution in [2.24, 2.45) is 0 Å². The Kier molecular flexibility index (Phi) is 6.90. The van der Waals surface area contributed by atoms with Crippen molar-refractivity contribution < 1.29 is 31.6 Å². The van der Waals surface area contributed by atoms with Crippen LogP contribution in [0.25, 0.3) is 22.0 Å². The Bertz CT molecular complexity index is 1540. The predicted molar refractivity (Wildman–Crippen MR) is 129 cm³/mol. The SMILES string of the molecule is C[C@@](CCn1cnc2cc(-c3ccc(CN4CC(F)(F)C4)cc3F)ccc2c1=O)(C(=O)NO)S(C)(=O)=O. The number of sulfone groups is 1. The Labute approximate surface area is 210 Å². The summed E-state index contributed by atoms with van der Waals surface area (Å²) in [5.74, 6) is -4.35. The lowest BCUT2D eigenvalue weighted by molar-refractivity contribution is -0.134. The van der Waals surface area contributed by atoms with Gasteiger partial charge in [0.05, 0.1) is 30.3 Å². The Morgan fingerprint density at radius 2 is 1.92 bits per heavy atom. The molecule has 1 fully saturated rings. The molecule has 4 rings (SSSR count). The standard InChI is InChI=1S/C24H25F3N4O5S/c1-23(22(33)29-34,37(2,35)36)7-8-31-14-28-20-10-16(4-6-18(20)21(31)32)17-5-3-15(9-19(17)25)11-30-12-24(26,27)13-30/h3-6,9-10,14,34H,7-8,11-13H2,1-2H3,(H,29,33)/t23-/m1/s1. The number of amides is 1. The molecule has 1 amide bonds. The quantitative estimate of drug-likeness (QED) is 0.334. The molecule has 37 heavy (non-hydrogen) atoms. The van der Waals surface area contributed by atoms with Gasteiger partial charge in [-0.15, -0.1) is 0 Å². The van der Waals surface area contributed by atoms with Crippen molar-refractivity contribution >= 4 is 26.6 Å². The molecule has 198 valence electrons. The smallest absolute Gasteiger partial charge is 0.272 e. The molecule has 0 radical (unpaired) electrons. The number of hydroxylamine groups is 1. The van der Waals surface area contributed by atoms with Gasteiger partial charge >= 0.3 is 0 Å². The van der Waals surface area contributed by atoms with E-state index in [1.54, 1.807) is 18.2 Å². The molecule has 9 nitrogen and oxygen atoms in total. The second-order valence-corrected chi connectivity index (χ2v) is 11.9. The number of nitrogens with zero attached hydrogens (tertiary/aromatic N) is 3. The average molecular weight is 539 g/mol. The monoisotopic (exact) mass is 538 g/mol. The van der Waals surface area contributed by atoms with E-state index in [0.717, 1.165) is 17.7 Å². The van der Waals surface area contributed by atoms with E-state index in [2.05, 4.69) is 4.98 Å². The molecule has 1 atom stereocenters. The number of benzene rings is 2. The third-order valence-electron chi connectivity index (χ3n) is 6.72. The first-order chi connectivity index (χ1) is 17.2. The van der Waals surface area contributed by atoms with Crippen LogP contribution in [0.15, 0.2) is 47.5 Å². The maximum atomic E-state index is 14.9. The van der Waals surface area contributed by atoms with Crippen LogP contribution in [0.1, 0.15) is 18.9 Å². The molecule has 2 aromatic carbocycles. The number of carbonyl (C=O) groups is 1. The highest BCUT2D eigenvalue weighted by Crippen LogP contribution is 2.30. The molecule has 0 aliphatic carbocycles. The van der Waals surface area contributed by atoms with Gasteiger partial charge in [-0.25, -0.2) is 32.1 Å². The van der Waals surface area contributed by atoms with E-state index in [0.29, 0.717) is 11.1 Å². The van der Waals surface area contributed by atoms with E-state index >= 15 is 0 Å². The number of aryl methyl sites for hydroxylation is 1. The number of alkyl halides is 2. The summed E-state index contributed by atoms with van der Waals surface area (Å²) in [6.45, 7) is 0.487. The lowest BCUT2D eigenvalue weighted by Crippen LogP contribution is -2.55. The number of carbonyl (C=O) groups excluding carboxylic acids is 1. The normalized spacial score (nSPS) is 17.2. The van der Waals surface area contributed by atoms with Gasteiger partial charge in [-0.2, -0.15) is 0 Å². The highest BCUT2D eigenvalue weighted by atomic mass is 32.2. The van der Waals surface area contributed by atoms with Gasteiger partial charge in [-0.1, -0.05) is 18.2 Å². The van der Waals surface area contributed by atoms with E-state index in [9.17, 15) is 31.2 Å². The summed E-state index contributed by atoms with van der Waals surface area (Å²) in [5.41, 5.74) is 2.43. The van der Waals surface area contributed by atoms with Crippen LogP contribution >= 0.6 is 0 Å². The van der Waals surface area contributed by atoms with Crippen molar-refractivity contribution in [1.82, 2.24) is 19.9 Å². The molecule has 0 unspecified atom stereocenters. The van der Waals surface area contributed by atoms with Crippen molar-refractivity contribution in [3.8, 4) is 11.1 Å². The first-order valence-electron chi connectivity index (χ1n) is 11.3. The van der Waals surface area contributed by atoms with Crippen molar-refractivity contribution in [2.45, 2.75) is 37.1 Å². The number of rotatable bonds is 8. The minimum Gasteiger partial charge on any atom is -0.299 e. The van der Waals surface area contributed by atoms with Crippen LogP contribution in [-0.2, 0) is 27.7 Å². The van der Waals surface area contributed by atoms with Crippen LogP contribution in [0.3, 0.4) is 0 Å². The number of halogens is 3. The minimum atomic E-state index is -3.93. The maximum Gasteiger partial charge on any atom is 0.272 e. The average Bonchev–Trinajstić information content (AvgIpc) is 2.81. The molecule has 13 heteroatoms. The summed E-state index contributed by atoms with van der Waals surface area (Å²) in [5, 5.41) is 9.16. The summed E-state index contributed by atoms with van der Waals surface area (Å²) in [6.07, 6.45) is 1.77. The Balaban J connectivity index is 1.56. The zero-order valence-corrected chi connectivity index (χ0v) is 20.9. The Morgan fingerprint density at radius 1 is 1.22 bits per heavy atom. The summed E-state index contributed by atoms with van der Waals surface area (Å²) in [7, 11) is -3.93. The fourth-order valence-corrected chi connectivity index (χ4v) is 5.12. The summed E-state index contributed by atoms with van der Waals surface area (Å²) in [4.78, 5) is 30.7. The predicted octanol–water partition coefficient (Wildman–Crippen LogP) is 2.35. The number of fused-ring (bicyclic) bond motifs is 1. The summed E-state index contributed by atoms with van der Waals surface area (Å²) in [6, 6.07) is 9.05. The number of hydrogen-bond acceptors (Lipinski definition) is 7. The number of nitrogens with one attached hydrogen (secondary N) is 1. The van der Waals surface area contributed by atoms with Gasteiger partial charge in [0.25, 0.3) is 17.4 Å². The largest absolute Gasteiger partial charge is 0.299 e. The zero-order valence-electron chi connectivity index (χ0n) is 20.0. The van der Waals surface area contributed by atoms with Gasteiger partial charge in [0.15, 0.2) is 14.6 Å². The van der Waals surface area contributed by atoms with Crippen LogP contribution in [-0.4, -0.2) is 64.0 Å². The van der Waals surface area contributed by atoms with E-state index in [1.165, 1.54) is 34.9 Å². The number of hydrogen-bond donors (Lipinski definition) is 2. The van der Waals surface area contributed by atoms with Crippen molar-refractivity contribution in [3.63, 3.8) is 0 Å². The van der Waals surface area contributed by atoms with E-state index in [4.69, 9.17) is 5.21 Å². The van der Waals surface area contributed by atoms with E-state index < -0.39 is 37.8 Å². The Hall–Kier alpha value is -3.29. The first-order valence-corrected chi connectivity index (χ1v) is 13.2. The second-order valence-electron chi connectivity index (χ2n) is 9.48. The summed E-state index contributed by atoms with van der Waals surface area (Å²) >= 11 is 0. The molecule has 0 saturated carbocycles. The maximum absolute atomic E-state index is 14.9. The topological polar surface area (TPSA) is 122 Å². The lowest BCUT2D eigenvalue weighted by atomic mass is 10.0. The number of likely N-dealkylation sites (tertiary alicyclic amines) is 1. The highest BCUT2D eigenvalue weighted by Gasteiger charge is 2.44. The third-order valence-corrected chi connectivity index (χ3v) is 8.74. The van der Waals surface area contributed by atoms with Crippen molar-refractivity contribution in [3.05, 3.63) is 64.5 Å². The molecule has 1 aliphatic rings. The van der Waals surface area contributed by atoms with E-state index in [1.807, 2.05) is 0 Å². The highest BCUT2D eigenvalue weighted by molar-refractivity contribution is 7.92. The fourth-order valence-electron chi connectivity index (χ4n) is 4.27. The molecular weight excluding hydrogens is 513 g/mol. The van der Waals surface area contributed by atoms with Gasteiger partial charge in [0, 0.05) is 24.9 Å². The Morgan fingerprint density at radius 3 is 2.51 bits per heavy atom. The second kappa shape index (κ2) is 9.54. The van der Waals surface area contributed by atoms with Crippen LogP contribution in [0.4, 0.5) is 13.2 Å². The van der Waals surface area contributed by atoms with Gasteiger partial charge < -0.3 is 0 Å². The number of aromatic nitrogens is 2. The molecule has 1 saturated heterocycles. The molecule has 1 aromatic heterocycles. The fraction of sp³-hybridized carbons (Fsp3) is 0.375. The van der Waals surface area contributed by atoms with Gasteiger partial charge in [-0.05, 0) is 42.7 Å². The van der Waals surface area contributed by atoms with Crippen LogP contribution in [0, 0.1) is 5.82 Å². The van der Waals surface area contributed by atoms with Gasteiger partial charge in [0.2, 0.25) is 0 Å².